The summed E-state index contributed by atoms with van der Waals surface area (Å²) in [5, 5.41) is 19.1. The zero-order valence-corrected chi connectivity index (χ0v) is 14.3. The SMILES string of the molecule is CCOC(=O)c1c(C[NH+]2CC[NH+](CC#N)CC2)oc2ccc(O)cc12. The van der Waals surface area contributed by atoms with Crippen LogP contribution in [-0.4, -0.2) is 50.4 Å². The minimum Gasteiger partial charge on any atom is -0.508 e. The van der Waals surface area contributed by atoms with E-state index in [-0.39, 0.29) is 12.4 Å². The molecule has 0 aliphatic carbocycles. The van der Waals surface area contributed by atoms with Crippen LogP contribution >= 0.6 is 0 Å². The predicted molar refractivity (Wildman–Crippen MR) is 89.4 cm³/mol. The van der Waals surface area contributed by atoms with E-state index < -0.39 is 5.97 Å². The van der Waals surface area contributed by atoms with Crippen LogP contribution in [0.2, 0.25) is 0 Å². The largest absolute Gasteiger partial charge is 0.508 e. The van der Waals surface area contributed by atoms with Crippen molar-refractivity contribution < 1.29 is 28.9 Å². The van der Waals surface area contributed by atoms with Crippen molar-refractivity contribution in [2.24, 2.45) is 0 Å². The molecule has 1 aliphatic heterocycles. The van der Waals surface area contributed by atoms with Gasteiger partial charge in [0.15, 0.2) is 12.3 Å². The van der Waals surface area contributed by atoms with Gasteiger partial charge in [0.05, 0.1) is 6.61 Å². The lowest BCUT2D eigenvalue weighted by Gasteiger charge is -2.27. The first-order chi connectivity index (χ1) is 12.1. The highest BCUT2D eigenvalue weighted by Gasteiger charge is 2.28. The maximum Gasteiger partial charge on any atom is 0.342 e. The summed E-state index contributed by atoms with van der Waals surface area (Å²) in [5.41, 5.74) is 0.982. The molecule has 1 aliphatic rings. The molecule has 0 amide bonds. The first kappa shape index (κ1) is 17.3. The average Bonchev–Trinajstić information content (AvgIpc) is 2.94. The van der Waals surface area contributed by atoms with Crippen LogP contribution in [0.25, 0.3) is 11.0 Å². The standard InChI is InChI=1S/C18H21N3O4/c1-2-24-18(23)17-14-11-13(22)3-4-15(14)25-16(17)12-21-9-7-20(6-5-19)8-10-21/h3-4,11,22H,2,6-10,12H2,1H3/p+2. The van der Waals surface area contributed by atoms with E-state index in [1.165, 1.54) is 9.80 Å². The zero-order valence-electron chi connectivity index (χ0n) is 14.3. The van der Waals surface area contributed by atoms with Gasteiger partial charge in [-0.2, -0.15) is 5.26 Å². The Balaban J connectivity index is 1.84. The van der Waals surface area contributed by atoms with Crippen molar-refractivity contribution in [1.82, 2.24) is 0 Å². The molecule has 3 rings (SSSR count). The Morgan fingerprint density at radius 2 is 2.04 bits per heavy atom. The number of piperazine rings is 1. The molecule has 0 atom stereocenters. The molecule has 1 saturated heterocycles. The molecule has 25 heavy (non-hydrogen) atoms. The lowest BCUT2D eigenvalue weighted by molar-refractivity contribution is -1.02. The highest BCUT2D eigenvalue weighted by Crippen LogP contribution is 2.29. The molecular formula is C18H23N3O4+2. The number of esters is 1. The number of aromatic hydroxyl groups is 1. The van der Waals surface area contributed by atoms with Crippen molar-refractivity contribution in [3.63, 3.8) is 0 Å². The second kappa shape index (κ2) is 7.55. The number of ether oxygens (including phenoxy) is 1. The van der Waals surface area contributed by atoms with Crippen molar-refractivity contribution in [2.75, 3.05) is 39.3 Å². The topological polar surface area (TPSA) is 92.3 Å². The fourth-order valence-corrected chi connectivity index (χ4v) is 3.34. The number of nitrogens with zero attached hydrogens (tertiary/aromatic N) is 1. The fraction of sp³-hybridized carbons (Fsp3) is 0.444. The number of nitriles is 1. The number of phenols is 1. The molecule has 0 spiro atoms. The summed E-state index contributed by atoms with van der Waals surface area (Å²) >= 11 is 0. The molecular weight excluding hydrogens is 322 g/mol. The second-order valence-electron chi connectivity index (χ2n) is 6.31. The van der Waals surface area contributed by atoms with Gasteiger partial charge in [0.25, 0.3) is 0 Å². The van der Waals surface area contributed by atoms with Crippen molar-refractivity contribution >= 4 is 16.9 Å². The van der Waals surface area contributed by atoms with E-state index in [4.69, 9.17) is 14.4 Å². The third kappa shape index (κ3) is 3.76. The first-order valence-electron chi connectivity index (χ1n) is 8.58. The van der Waals surface area contributed by atoms with Gasteiger partial charge >= 0.3 is 5.97 Å². The highest BCUT2D eigenvalue weighted by atomic mass is 16.5. The van der Waals surface area contributed by atoms with E-state index in [1.807, 2.05) is 0 Å². The monoisotopic (exact) mass is 345 g/mol. The summed E-state index contributed by atoms with van der Waals surface area (Å²) in [6, 6.07) is 6.96. The number of nitrogens with one attached hydrogen (secondary N) is 2. The Bertz CT molecular complexity index is 800. The van der Waals surface area contributed by atoms with Crippen molar-refractivity contribution in [3.05, 3.63) is 29.5 Å². The number of hydrogen-bond acceptors (Lipinski definition) is 5. The second-order valence-corrected chi connectivity index (χ2v) is 6.31. The van der Waals surface area contributed by atoms with Gasteiger partial charge in [-0.15, -0.1) is 0 Å². The van der Waals surface area contributed by atoms with Crippen LogP contribution < -0.4 is 9.80 Å². The lowest BCUT2D eigenvalue weighted by Crippen LogP contribution is -3.27. The molecule has 7 nitrogen and oxygen atoms in total. The molecule has 7 heteroatoms. The number of hydrogen-bond donors (Lipinski definition) is 3. The van der Waals surface area contributed by atoms with Crippen LogP contribution in [-0.2, 0) is 11.3 Å². The number of carbonyl (C=O) groups is 1. The highest BCUT2D eigenvalue weighted by molar-refractivity contribution is 6.04. The Hall–Kier alpha value is -2.56. The fourth-order valence-electron chi connectivity index (χ4n) is 3.34. The zero-order chi connectivity index (χ0) is 17.8. The van der Waals surface area contributed by atoms with Crippen molar-refractivity contribution in [2.45, 2.75) is 13.5 Å². The van der Waals surface area contributed by atoms with Gasteiger partial charge in [0, 0.05) is 5.39 Å². The summed E-state index contributed by atoms with van der Waals surface area (Å²) in [5.74, 6) is 0.263. The molecule has 132 valence electrons. The van der Waals surface area contributed by atoms with E-state index in [2.05, 4.69) is 6.07 Å². The molecule has 0 bridgehead atoms. The summed E-state index contributed by atoms with van der Waals surface area (Å²) in [6.07, 6.45) is 0. The minimum atomic E-state index is -0.421. The molecule has 0 unspecified atom stereocenters. The van der Waals surface area contributed by atoms with Gasteiger partial charge < -0.3 is 24.1 Å². The maximum absolute atomic E-state index is 12.4. The van der Waals surface area contributed by atoms with Gasteiger partial charge in [0.2, 0.25) is 0 Å². The van der Waals surface area contributed by atoms with Crippen LogP contribution in [0.5, 0.6) is 5.75 Å². The molecule has 2 aromatic rings. The van der Waals surface area contributed by atoms with E-state index in [0.29, 0.717) is 35.4 Å². The number of phenolic OH excluding ortho intramolecular Hbond substituents is 1. The molecule has 1 aromatic carbocycles. The Morgan fingerprint density at radius 1 is 1.32 bits per heavy atom. The van der Waals surface area contributed by atoms with E-state index in [0.717, 1.165) is 26.2 Å². The summed E-state index contributed by atoms with van der Waals surface area (Å²) in [6.45, 7) is 6.86. The minimum absolute atomic E-state index is 0.0893. The molecule has 1 fully saturated rings. The maximum atomic E-state index is 12.4. The van der Waals surface area contributed by atoms with E-state index in [1.54, 1.807) is 25.1 Å². The lowest BCUT2D eigenvalue weighted by atomic mass is 10.1. The van der Waals surface area contributed by atoms with E-state index >= 15 is 0 Å². The molecule has 2 heterocycles. The predicted octanol–water partition coefficient (Wildman–Crippen LogP) is -0.878. The van der Waals surface area contributed by atoms with Crippen molar-refractivity contribution in [1.29, 1.82) is 5.26 Å². The Morgan fingerprint density at radius 3 is 2.72 bits per heavy atom. The third-order valence-corrected chi connectivity index (χ3v) is 4.63. The van der Waals surface area contributed by atoms with Gasteiger partial charge in [-0.1, -0.05) is 0 Å². The average molecular weight is 345 g/mol. The normalized spacial score (nSPS) is 20.3. The molecule has 1 aromatic heterocycles. The molecule has 0 saturated carbocycles. The van der Waals surface area contributed by atoms with Crippen LogP contribution in [0.1, 0.15) is 23.0 Å². The summed E-state index contributed by atoms with van der Waals surface area (Å²) in [4.78, 5) is 15.0. The van der Waals surface area contributed by atoms with Crippen molar-refractivity contribution in [3.8, 4) is 11.8 Å². The van der Waals surface area contributed by atoms with Gasteiger partial charge in [-0.3, -0.25) is 0 Å². The summed E-state index contributed by atoms with van der Waals surface area (Å²) in [7, 11) is 0. The number of furan rings is 1. The van der Waals surface area contributed by atoms with Crippen LogP contribution in [0.15, 0.2) is 22.6 Å². The quantitative estimate of drug-likeness (QED) is 0.484. The van der Waals surface area contributed by atoms with E-state index in [9.17, 15) is 9.90 Å². The number of rotatable bonds is 5. The van der Waals surface area contributed by atoms with Gasteiger partial charge in [-0.05, 0) is 25.1 Å². The Labute approximate surface area is 146 Å². The number of fused-ring (bicyclic) bond motifs is 1. The van der Waals surface area contributed by atoms with Gasteiger partial charge in [-0.25, -0.2) is 4.79 Å². The van der Waals surface area contributed by atoms with Crippen LogP contribution in [0.3, 0.4) is 0 Å². The Kier molecular flexibility index (Phi) is 5.22. The third-order valence-electron chi connectivity index (χ3n) is 4.63. The van der Waals surface area contributed by atoms with Crippen LogP contribution in [0.4, 0.5) is 0 Å². The number of carbonyl (C=O) groups excluding carboxylic acids is 1. The summed E-state index contributed by atoms with van der Waals surface area (Å²) < 4.78 is 11.1. The van der Waals surface area contributed by atoms with Crippen LogP contribution in [0, 0.1) is 11.3 Å². The number of benzene rings is 1. The smallest absolute Gasteiger partial charge is 0.342 e. The first-order valence-corrected chi connectivity index (χ1v) is 8.58. The molecule has 3 N–H and O–H groups in total. The number of quaternary nitrogens is 2. The van der Waals surface area contributed by atoms with Gasteiger partial charge in [0.1, 0.15) is 55.7 Å². The molecule has 0 radical (unpaired) electrons.